The Labute approximate surface area is 125 Å². The van der Waals surface area contributed by atoms with E-state index in [0.29, 0.717) is 18.5 Å². The summed E-state index contributed by atoms with van der Waals surface area (Å²) in [5, 5.41) is 7.92. The fourth-order valence-electron chi connectivity index (χ4n) is 3.85. The molecule has 6 heteroatoms. The van der Waals surface area contributed by atoms with Gasteiger partial charge in [-0.15, -0.1) is 5.10 Å². The molecule has 0 radical (unpaired) electrons. The zero-order valence-electron chi connectivity index (χ0n) is 12.6. The molecule has 3 rings (SSSR count). The van der Waals surface area contributed by atoms with E-state index in [1.807, 2.05) is 0 Å². The van der Waals surface area contributed by atoms with Gasteiger partial charge in [0.25, 0.3) is 0 Å². The molecule has 1 amide bonds. The third-order valence-electron chi connectivity index (χ3n) is 4.91. The van der Waals surface area contributed by atoms with E-state index >= 15 is 0 Å². The van der Waals surface area contributed by atoms with Crippen molar-refractivity contribution in [2.75, 3.05) is 6.54 Å². The van der Waals surface area contributed by atoms with Crippen molar-refractivity contribution in [1.29, 1.82) is 0 Å². The number of rotatable bonds is 4. The predicted octanol–water partition coefficient (Wildman–Crippen LogP) is 1.31. The van der Waals surface area contributed by atoms with Crippen LogP contribution in [-0.2, 0) is 17.9 Å². The molecule has 21 heavy (non-hydrogen) atoms. The van der Waals surface area contributed by atoms with Crippen LogP contribution in [0.25, 0.3) is 0 Å². The van der Waals surface area contributed by atoms with Gasteiger partial charge in [-0.2, -0.15) is 0 Å². The number of carbonyl (C=O) groups excluding carboxylic acids is 1. The number of hydrogen-bond acceptors (Lipinski definition) is 4. The van der Waals surface area contributed by atoms with Crippen LogP contribution in [0.1, 0.15) is 50.6 Å². The van der Waals surface area contributed by atoms with Crippen molar-refractivity contribution in [3.05, 3.63) is 11.9 Å². The summed E-state index contributed by atoms with van der Waals surface area (Å²) in [7, 11) is 0. The second-order valence-electron chi connectivity index (χ2n) is 6.31. The van der Waals surface area contributed by atoms with Gasteiger partial charge in [-0.05, 0) is 31.6 Å². The highest BCUT2D eigenvalue weighted by atomic mass is 16.2. The molecule has 1 aromatic rings. The maximum Gasteiger partial charge on any atom is 0.244 e. The molecule has 2 fully saturated rings. The normalized spacial score (nSPS) is 23.7. The molecule has 116 valence electrons. The summed E-state index contributed by atoms with van der Waals surface area (Å²) < 4.78 is 1.61. The first-order chi connectivity index (χ1) is 10.3. The topological polar surface area (TPSA) is 77.0 Å². The highest BCUT2D eigenvalue weighted by Gasteiger charge is 2.35. The van der Waals surface area contributed by atoms with Gasteiger partial charge in [0, 0.05) is 19.1 Å². The third kappa shape index (κ3) is 3.26. The molecule has 1 unspecified atom stereocenters. The fraction of sp³-hybridized carbons (Fsp3) is 0.800. The summed E-state index contributed by atoms with van der Waals surface area (Å²) in [5.41, 5.74) is 6.25. The van der Waals surface area contributed by atoms with Crippen molar-refractivity contribution in [3.63, 3.8) is 0 Å². The minimum absolute atomic E-state index is 0.177. The van der Waals surface area contributed by atoms with Crippen molar-refractivity contribution in [2.24, 2.45) is 11.7 Å². The SMILES string of the molecule is NCc1cn(CC(=O)N2CCCC2C2CCCCC2)nn1. The van der Waals surface area contributed by atoms with Crippen LogP contribution < -0.4 is 5.73 Å². The summed E-state index contributed by atoms with van der Waals surface area (Å²) in [4.78, 5) is 14.7. The fourth-order valence-corrected chi connectivity index (χ4v) is 3.85. The van der Waals surface area contributed by atoms with Crippen molar-refractivity contribution < 1.29 is 4.79 Å². The van der Waals surface area contributed by atoms with Crippen LogP contribution in [0.15, 0.2) is 6.20 Å². The Balaban J connectivity index is 1.62. The Morgan fingerprint density at radius 1 is 1.24 bits per heavy atom. The molecular formula is C15H25N5O. The maximum atomic E-state index is 12.6. The zero-order chi connectivity index (χ0) is 14.7. The Kier molecular flexibility index (Phi) is 4.53. The summed E-state index contributed by atoms with van der Waals surface area (Å²) in [5.74, 6) is 0.886. The monoisotopic (exact) mass is 291 g/mol. The third-order valence-corrected chi connectivity index (χ3v) is 4.91. The lowest BCUT2D eigenvalue weighted by Crippen LogP contribution is -2.42. The van der Waals surface area contributed by atoms with Crippen molar-refractivity contribution >= 4 is 5.91 Å². The summed E-state index contributed by atoms with van der Waals surface area (Å²) >= 11 is 0. The molecule has 2 heterocycles. The number of aromatic nitrogens is 3. The summed E-state index contributed by atoms with van der Waals surface area (Å²) in [6, 6.07) is 0.454. The van der Waals surface area contributed by atoms with E-state index in [1.165, 1.54) is 38.5 Å². The van der Waals surface area contributed by atoms with Gasteiger partial charge in [-0.3, -0.25) is 4.79 Å². The van der Waals surface area contributed by atoms with Crippen LogP contribution in [0.4, 0.5) is 0 Å². The second kappa shape index (κ2) is 6.56. The number of nitrogens with zero attached hydrogens (tertiary/aromatic N) is 4. The highest BCUT2D eigenvalue weighted by molar-refractivity contribution is 5.76. The van der Waals surface area contributed by atoms with Crippen LogP contribution in [0, 0.1) is 5.92 Å². The molecule has 6 nitrogen and oxygen atoms in total. The van der Waals surface area contributed by atoms with Gasteiger partial charge in [0.05, 0.1) is 11.9 Å². The van der Waals surface area contributed by atoms with Crippen LogP contribution in [0.5, 0.6) is 0 Å². The molecular weight excluding hydrogens is 266 g/mol. The van der Waals surface area contributed by atoms with Crippen molar-refractivity contribution in [3.8, 4) is 0 Å². The van der Waals surface area contributed by atoms with Crippen LogP contribution in [0.2, 0.25) is 0 Å². The lowest BCUT2D eigenvalue weighted by molar-refractivity contribution is -0.134. The first kappa shape index (κ1) is 14.5. The number of hydrogen-bond donors (Lipinski definition) is 1. The van der Waals surface area contributed by atoms with Crippen molar-refractivity contribution in [1.82, 2.24) is 19.9 Å². The lowest BCUT2D eigenvalue weighted by Gasteiger charge is -2.34. The van der Waals surface area contributed by atoms with E-state index in [4.69, 9.17) is 5.73 Å². The first-order valence-corrected chi connectivity index (χ1v) is 8.16. The van der Waals surface area contributed by atoms with Crippen LogP contribution >= 0.6 is 0 Å². The van der Waals surface area contributed by atoms with Crippen LogP contribution in [0.3, 0.4) is 0 Å². The average Bonchev–Trinajstić information content (AvgIpc) is 3.17. The van der Waals surface area contributed by atoms with Gasteiger partial charge in [0.1, 0.15) is 6.54 Å². The first-order valence-electron chi connectivity index (χ1n) is 8.16. The van der Waals surface area contributed by atoms with E-state index < -0.39 is 0 Å². The zero-order valence-corrected chi connectivity index (χ0v) is 12.6. The van der Waals surface area contributed by atoms with Gasteiger partial charge < -0.3 is 10.6 Å². The number of carbonyl (C=O) groups is 1. The van der Waals surface area contributed by atoms with Gasteiger partial charge in [0.2, 0.25) is 5.91 Å². The highest BCUT2D eigenvalue weighted by Crippen LogP contribution is 2.34. The Hall–Kier alpha value is -1.43. The van der Waals surface area contributed by atoms with Gasteiger partial charge in [-0.1, -0.05) is 24.5 Å². The molecule has 0 bridgehead atoms. The largest absolute Gasteiger partial charge is 0.338 e. The molecule has 0 aromatic carbocycles. The Bertz CT molecular complexity index is 480. The molecule has 1 atom stereocenters. The van der Waals surface area contributed by atoms with E-state index in [1.54, 1.807) is 10.9 Å². The van der Waals surface area contributed by atoms with Crippen molar-refractivity contribution in [2.45, 2.75) is 64.1 Å². The molecule has 2 aliphatic rings. The standard InChI is InChI=1S/C15H25N5O/c16-9-13-10-19(18-17-13)11-15(21)20-8-4-7-14(20)12-5-2-1-3-6-12/h10,12,14H,1-9,11,16H2. The van der Waals surface area contributed by atoms with E-state index in [2.05, 4.69) is 15.2 Å². The van der Waals surface area contributed by atoms with E-state index in [0.717, 1.165) is 18.7 Å². The summed E-state index contributed by atoms with van der Waals surface area (Å²) in [6.07, 6.45) is 10.7. The number of nitrogens with two attached hydrogens (primary N) is 1. The molecule has 2 N–H and O–H groups in total. The minimum Gasteiger partial charge on any atom is -0.338 e. The van der Waals surface area contributed by atoms with E-state index in [-0.39, 0.29) is 12.5 Å². The molecule has 1 aromatic heterocycles. The second-order valence-corrected chi connectivity index (χ2v) is 6.31. The molecule has 1 aliphatic heterocycles. The molecule has 1 saturated heterocycles. The average molecular weight is 291 g/mol. The van der Waals surface area contributed by atoms with E-state index in [9.17, 15) is 4.79 Å². The molecule has 0 spiro atoms. The minimum atomic E-state index is 0.177. The van der Waals surface area contributed by atoms with Gasteiger partial charge >= 0.3 is 0 Å². The quantitative estimate of drug-likeness (QED) is 0.907. The van der Waals surface area contributed by atoms with Gasteiger partial charge in [-0.25, -0.2) is 4.68 Å². The number of amides is 1. The van der Waals surface area contributed by atoms with Crippen LogP contribution in [-0.4, -0.2) is 38.4 Å². The number of likely N-dealkylation sites (tertiary alicyclic amines) is 1. The smallest absolute Gasteiger partial charge is 0.244 e. The Morgan fingerprint density at radius 3 is 2.76 bits per heavy atom. The molecule has 1 aliphatic carbocycles. The van der Waals surface area contributed by atoms with Gasteiger partial charge in [0.15, 0.2) is 0 Å². The molecule has 1 saturated carbocycles. The maximum absolute atomic E-state index is 12.6. The Morgan fingerprint density at radius 2 is 2.05 bits per heavy atom. The summed E-state index contributed by atoms with van der Waals surface area (Å²) in [6.45, 7) is 1.55. The lowest BCUT2D eigenvalue weighted by atomic mass is 9.83. The predicted molar refractivity (Wildman–Crippen MR) is 79.2 cm³/mol.